The molecule has 3 aromatic rings. The molecule has 0 aliphatic heterocycles. The summed E-state index contributed by atoms with van der Waals surface area (Å²) in [5.41, 5.74) is 1.26. The molecule has 0 bridgehead atoms. The zero-order chi connectivity index (χ0) is 14.1. The number of hydrogen-bond donors (Lipinski definition) is 0. The lowest BCUT2D eigenvalue weighted by molar-refractivity contribution is 0.112. The number of aldehydes is 1. The van der Waals surface area contributed by atoms with Gasteiger partial charge in [-0.1, -0.05) is 0 Å². The van der Waals surface area contributed by atoms with Gasteiger partial charge < -0.3 is 4.57 Å². The highest BCUT2D eigenvalue weighted by Gasteiger charge is 2.11. The van der Waals surface area contributed by atoms with Crippen LogP contribution in [0.5, 0.6) is 0 Å². The van der Waals surface area contributed by atoms with Gasteiger partial charge in [0.25, 0.3) is 0 Å². The molecule has 2 heterocycles. The second-order valence-corrected chi connectivity index (χ2v) is 4.44. The van der Waals surface area contributed by atoms with E-state index in [1.165, 1.54) is 0 Å². The lowest BCUT2D eigenvalue weighted by atomic mass is 10.2. The van der Waals surface area contributed by atoms with Crippen LogP contribution in [0, 0.1) is 11.6 Å². The lowest BCUT2D eigenvalue weighted by Gasteiger charge is -2.06. The molecule has 0 spiro atoms. The van der Waals surface area contributed by atoms with Crippen molar-refractivity contribution >= 4 is 17.3 Å². The number of aromatic nitrogens is 2. The van der Waals surface area contributed by atoms with E-state index in [1.807, 2.05) is 0 Å². The summed E-state index contributed by atoms with van der Waals surface area (Å²) in [7, 11) is 0. The zero-order valence-corrected chi connectivity index (χ0v) is 10.4. The minimum Gasteiger partial charge on any atom is -0.327 e. The number of pyridine rings is 1. The Labute approximate surface area is 113 Å². The number of rotatable bonds is 3. The van der Waals surface area contributed by atoms with Crippen molar-refractivity contribution in [3.05, 3.63) is 65.5 Å². The molecule has 3 rings (SSSR count). The van der Waals surface area contributed by atoms with Crippen LogP contribution in [0.2, 0.25) is 0 Å². The quantitative estimate of drug-likeness (QED) is 0.686. The van der Waals surface area contributed by atoms with Crippen LogP contribution in [0.15, 0.2) is 42.7 Å². The Morgan fingerprint density at radius 1 is 1.25 bits per heavy atom. The van der Waals surface area contributed by atoms with Gasteiger partial charge in [0.05, 0.1) is 6.54 Å². The van der Waals surface area contributed by atoms with E-state index in [0.717, 1.165) is 24.5 Å². The number of benzene rings is 1. The molecule has 0 amide bonds. The Morgan fingerprint density at radius 3 is 2.90 bits per heavy atom. The molecular weight excluding hydrogens is 262 g/mol. The largest absolute Gasteiger partial charge is 0.327 e. The highest BCUT2D eigenvalue weighted by atomic mass is 19.1. The number of fused-ring (bicyclic) bond motifs is 1. The summed E-state index contributed by atoms with van der Waals surface area (Å²) in [6.07, 6.45) is 3.91. The second-order valence-electron chi connectivity index (χ2n) is 4.44. The average molecular weight is 272 g/mol. The fraction of sp³-hybridized carbons (Fsp3) is 0.0667. The SMILES string of the molecule is O=Cc1cn(Cc2cc(F)ccc2F)c2ncccc12. The molecule has 0 aliphatic carbocycles. The highest BCUT2D eigenvalue weighted by Crippen LogP contribution is 2.20. The Balaban J connectivity index is 2.11. The number of hydrogen-bond acceptors (Lipinski definition) is 2. The number of carbonyl (C=O) groups is 1. The first-order chi connectivity index (χ1) is 9.69. The summed E-state index contributed by atoms with van der Waals surface area (Å²) in [6, 6.07) is 6.80. The van der Waals surface area contributed by atoms with Crippen molar-refractivity contribution in [3.63, 3.8) is 0 Å². The first-order valence-electron chi connectivity index (χ1n) is 6.02. The molecule has 100 valence electrons. The maximum absolute atomic E-state index is 13.7. The molecule has 2 aromatic heterocycles. The van der Waals surface area contributed by atoms with Crippen molar-refractivity contribution in [2.24, 2.45) is 0 Å². The first-order valence-corrected chi connectivity index (χ1v) is 6.02. The molecule has 20 heavy (non-hydrogen) atoms. The van der Waals surface area contributed by atoms with E-state index in [2.05, 4.69) is 4.98 Å². The molecule has 5 heteroatoms. The predicted octanol–water partition coefficient (Wildman–Crippen LogP) is 3.18. The summed E-state index contributed by atoms with van der Waals surface area (Å²) in [4.78, 5) is 15.2. The molecule has 0 aliphatic rings. The standard InChI is InChI=1S/C15H10F2N2O/c16-12-3-4-14(17)10(6-12)7-19-8-11(9-20)13-2-1-5-18-15(13)19/h1-6,8-9H,7H2. The van der Waals surface area contributed by atoms with Gasteiger partial charge >= 0.3 is 0 Å². The number of halogens is 2. The minimum absolute atomic E-state index is 0.116. The van der Waals surface area contributed by atoms with Crippen LogP contribution in [0.1, 0.15) is 15.9 Å². The molecule has 0 fully saturated rings. The maximum atomic E-state index is 13.7. The van der Waals surface area contributed by atoms with Crippen LogP contribution in [-0.2, 0) is 6.54 Å². The van der Waals surface area contributed by atoms with Crippen LogP contribution < -0.4 is 0 Å². The van der Waals surface area contributed by atoms with Crippen molar-refractivity contribution in [2.45, 2.75) is 6.54 Å². The molecule has 0 saturated heterocycles. The molecule has 0 unspecified atom stereocenters. The predicted molar refractivity (Wildman–Crippen MR) is 70.6 cm³/mol. The van der Waals surface area contributed by atoms with Gasteiger partial charge in [-0.3, -0.25) is 4.79 Å². The summed E-state index contributed by atoms with van der Waals surface area (Å²) < 4.78 is 28.5. The maximum Gasteiger partial charge on any atom is 0.152 e. The van der Waals surface area contributed by atoms with Gasteiger partial charge in [0.15, 0.2) is 6.29 Å². The number of nitrogens with zero attached hydrogens (tertiary/aromatic N) is 2. The average Bonchev–Trinajstić information content (AvgIpc) is 2.81. The van der Waals surface area contributed by atoms with E-state index in [9.17, 15) is 13.6 Å². The van der Waals surface area contributed by atoms with Gasteiger partial charge in [-0.05, 0) is 30.3 Å². The van der Waals surface area contributed by atoms with Crippen molar-refractivity contribution in [3.8, 4) is 0 Å². The van der Waals surface area contributed by atoms with E-state index >= 15 is 0 Å². The fourth-order valence-corrected chi connectivity index (χ4v) is 2.21. The normalized spacial score (nSPS) is 10.9. The lowest BCUT2D eigenvalue weighted by Crippen LogP contribution is -2.02. The third-order valence-electron chi connectivity index (χ3n) is 3.14. The monoisotopic (exact) mass is 272 g/mol. The van der Waals surface area contributed by atoms with Gasteiger partial charge in [-0.25, -0.2) is 13.8 Å². The topological polar surface area (TPSA) is 34.9 Å². The van der Waals surface area contributed by atoms with E-state index in [4.69, 9.17) is 0 Å². The second kappa shape index (κ2) is 4.85. The molecule has 0 N–H and O–H groups in total. The van der Waals surface area contributed by atoms with Gasteiger partial charge in [0, 0.05) is 28.9 Å². The van der Waals surface area contributed by atoms with Crippen LogP contribution in [0.4, 0.5) is 8.78 Å². The summed E-state index contributed by atoms with van der Waals surface area (Å²) in [5.74, 6) is -0.988. The van der Waals surface area contributed by atoms with Crippen LogP contribution in [-0.4, -0.2) is 15.8 Å². The molecule has 0 saturated carbocycles. The molecule has 0 atom stereocenters. The summed E-state index contributed by atoms with van der Waals surface area (Å²) >= 11 is 0. The minimum atomic E-state index is -0.499. The Morgan fingerprint density at radius 2 is 2.10 bits per heavy atom. The Hall–Kier alpha value is -2.56. The van der Waals surface area contributed by atoms with E-state index in [0.29, 0.717) is 16.6 Å². The van der Waals surface area contributed by atoms with E-state index in [-0.39, 0.29) is 12.1 Å². The summed E-state index contributed by atoms with van der Waals surface area (Å²) in [5, 5.41) is 0.694. The molecule has 3 nitrogen and oxygen atoms in total. The molecule has 1 aromatic carbocycles. The third kappa shape index (κ3) is 2.07. The van der Waals surface area contributed by atoms with Gasteiger partial charge in [0.2, 0.25) is 0 Å². The Bertz CT molecular complexity index is 796. The van der Waals surface area contributed by atoms with Gasteiger partial charge in [-0.15, -0.1) is 0 Å². The summed E-state index contributed by atoms with van der Waals surface area (Å²) in [6.45, 7) is 0.116. The van der Waals surface area contributed by atoms with E-state index < -0.39 is 11.6 Å². The fourth-order valence-electron chi connectivity index (χ4n) is 2.21. The molecular formula is C15H10F2N2O. The number of carbonyl (C=O) groups excluding carboxylic acids is 1. The van der Waals surface area contributed by atoms with Gasteiger partial charge in [-0.2, -0.15) is 0 Å². The van der Waals surface area contributed by atoms with E-state index in [1.54, 1.807) is 29.1 Å². The van der Waals surface area contributed by atoms with Crippen LogP contribution in [0.25, 0.3) is 11.0 Å². The van der Waals surface area contributed by atoms with Crippen molar-refractivity contribution in [1.82, 2.24) is 9.55 Å². The van der Waals surface area contributed by atoms with Crippen LogP contribution >= 0.6 is 0 Å². The van der Waals surface area contributed by atoms with Crippen molar-refractivity contribution in [1.29, 1.82) is 0 Å². The smallest absolute Gasteiger partial charge is 0.152 e. The van der Waals surface area contributed by atoms with Crippen molar-refractivity contribution in [2.75, 3.05) is 0 Å². The van der Waals surface area contributed by atoms with Crippen LogP contribution in [0.3, 0.4) is 0 Å². The highest BCUT2D eigenvalue weighted by molar-refractivity contribution is 5.95. The first kappa shape index (κ1) is 12.5. The van der Waals surface area contributed by atoms with Crippen molar-refractivity contribution < 1.29 is 13.6 Å². The van der Waals surface area contributed by atoms with Gasteiger partial charge in [0.1, 0.15) is 17.3 Å². The molecule has 0 radical (unpaired) electrons. The third-order valence-corrected chi connectivity index (χ3v) is 3.14. The zero-order valence-electron chi connectivity index (χ0n) is 10.4. The Kier molecular flexibility index (Phi) is 3.02.